The maximum atomic E-state index is 6.47. The van der Waals surface area contributed by atoms with Crippen LogP contribution in [-0.4, -0.2) is 4.98 Å². The summed E-state index contributed by atoms with van der Waals surface area (Å²) < 4.78 is 6.47. The number of anilines is 3. The molecule has 282 valence electrons. The van der Waals surface area contributed by atoms with Crippen LogP contribution < -0.4 is 4.90 Å². The first-order valence-corrected chi connectivity index (χ1v) is 20.4. The van der Waals surface area contributed by atoms with Crippen LogP contribution in [0.3, 0.4) is 0 Å². The zero-order valence-corrected chi connectivity index (χ0v) is 32.7. The van der Waals surface area contributed by atoms with E-state index in [2.05, 4.69) is 199 Å². The van der Waals surface area contributed by atoms with E-state index in [9.17, 15) is 0 Å². The summed E-state index contributed by atoms with van der Waals surface area (Å²) in [5.41, 5.74) is 15.1. The summed E-state index contributed by atoms with van der Waals surface area (Å²) in [7, 11) is 0. The summed E-state index contributed by atoms with van der Waals surface area (Å²) in [6.45, 7) is 0. The smallest absolute Gasteiger partial charge is 0.227 e. The van der Waals surface area contributed by atoms with Gasteiger partial charge in [-0.1, -0.05) is 170 Å². The van der Waals surface area contributed by atoms with Gasteiger partial charge in [0, 0.05) is 28.0 Å². The van der Waals surface area contributed by atoms with Crippen LogP contribution in [0.1, 0.15) is 0 Å². The highest BCUT2D eigenvalue weighted by molar-refractivity contribution is 6.06. The Morgan fingerprint density at radius 2 is 0.817 bits per heavy atom. The molecule has 0 N–H and O–H groups in total. The average molecular weight is 767 g/mol. The van der Waals surface area contributed by atoms with Crippen LogP contribution >= 0.6 is 0 Å². The van der Waals surface area contributed by atoms with Crippen molar-refractivity contribution in [1.29, 1.82) is 0 Å². The molecule has 10 aromatic carbocycles. The van der Waals surface area contributed by atoms with E-state index < -0.39 is 0 Å². The second kappa shape index (κ2) is 15.1. The van der Waals surface area contributed by atoms with Crippen molar-refractivity contribution in [2.75, 3.05) is 4.90 Å². The van der Waals surface area contributed by atoms with E-state index in [1.807, 2.05) is 36.4 Å². The first kappa shape index (κ1) is 35.2. The van der Waals surface area contributed by atoms with Gasteiger partial charge in [0.2, 0.25) is 5.89 Å². The number of aromatic nitrogens is 1. The van der Waals surface area contributed by atoms with Crippen molar-refractivity contribution in [3.63, 3.8) is 0 Å². The van der Waals surface area contributed by atoms with Crippen LogP contribution in [0.4, 0.5) is 17.1 Å². The molecule has 0 unspecified atom stereocenters. The topological polar surface area (TPSA) is 29.3 Å². The first-order chi connectivity index (χ1) is 29.7. The van der Waals surface area contributed by atoms with Gasteiger partial charge in [-0.15, -0.1) is 0 Å². The largest absolute Gasteiger partial charge is 0.435 e. The lowest BCUT2D eigenvalue weighted by atomic mass is 9.92. The molecule has 0 atom stereocenters. The fourth-order valence-corrected chi connectivity index (χ4v) is 8.55. The lowest BCUT2D eigenvalue weighted by Crippen LogP contribution is -2.10. The number of hydrogen-bond donors (Lipinski definition) is 0. The molecule has 0 bridgehead atoms. The van der Waals surface area contributed by atoms with Crippen molar-refractivity contribution >= 4 is 49.7 Å². The van der Waals surface area contributed by atoms with Crippen LogP contribution in [0.15, 0.2) is 235 Å². The minimum absolute atomic E-state index is 0.627. The third-order valence-corrected chi connectivity index (χ3v) is 11.5. The molecule has 0 amide bonds. The molecule has 0 aliphatic heterocycles. The Labute approximate surface area is 349 Å². The fourth-order valence-electron chi connectivity index (χ4n) is 8.55. The van der Waals surface area contributed by atoms with Crippen molar-refractivity contribution in [3.05, 3.63) is 231 Å². The molecule has 11 rings (SSSR count). The molecule has 1 aromatic heterocycles. The Hall–Kier alpha value is -8.01. The zero-order valence-electron chi connectivity index (χ0n) is 32.7. The Balaban J connectivity index is 1.03. The monoisotopic (exact) mass is 766 g/mol. The van der Waals surface area contributed by atoms with E-state index in [0.717, 1.165) is 66.8 Å². The van der Waals surface area contributed by atoms with Crippen LogP contribution in [0.2, 0.25) is 0 Å². The highest BCUT2D eigenvalue weighted by Gasteiger charge is 2.18. The summed E-state index contributed by atoms with van der Waals surface area (Å²) >= 11 is 0. The van der Waals surface area contributed by atoms with Crippen molar-refractivity contribution in [2.24, 2.45) is 0 Å². The average Bonchev–Trinajstić information content (AvgIpc) is 3.78. The molecule has 0 radical (unpaired) electrons. The lowest BCUT2D eigenvalue weighted by molar-refractivity contribution is 0.623. The summed E-state index contributed by atoms with van der Waals surface area (Å²) in [4.78, 5) is 7.23. The quantitative estimate of drug-likeness (QED) is 0.154. The third-order valence-electron chi connectivity index (χ3n) is 11.5. The summed E-state index contributed by atoms with van der Waals surface area (Å²) in [5, 5.41) is 4.62. The molecule has 3 nitrogen and oxygen atoms in total. The number of benzene rings is 10. The van der Waals surface area contributed by atoms with Crippen molar-refractivity contribution in [2.45, 2.75) is 0 Å². The molecular weight excluding hydrogens is 729 g/mol. The van der Waals surface area contributed by atoms with E-state index in [1.165, 1.54) is 33.0 Å². The highest BCUT2D eigenvalue weighted by Crippen LogP contribution is 2.42. The third kappa shape index (κ3) is 6.49. The van der Waals surface area contributed by atoms with Crippen molar-refractivity contribution < 1.29 is 4.42 Å². The minimum Gasteiger partial charge on any atom is -0.435 e. The second-order valence-electron chi connectivity index (χ2n) is 15.2. The van der Waals surface area contributed by atoms with Crippen molar-refractivity contribution in [1.82, 2.24) is 4.98 Å². The standard InChI is InChI=1S/C57H38N2O/c1-3-14-39(15-4-1)40-30-33-47(34-31-40)59(49-23-12-21-45(37-49)53-27-13-19-41-16-7-8-24-50(41)53)48-22-11-20-44(36-48)51-25-9-10-26-52(51)46-29-28-42-32-35-55-56(54(42)38-46)60-57(58-55)43-17-5-2-6-18-43/h1-38H. The molecule has 11 aromatic rings. The Kier molecular flexibility index (Phi) is 8.83. The van der Waals surface area contributed by atoms with E-state index in [4.69, 9.17) is 9.40 Å². The molecule has 0 saturated carbocycles. The predicted octanol–water partition coefficient (Wildman–Crippen LogP) is 15.9. The summed E-state index contributed by atoms with van der Waals surface area (Å²) in [6, 6.07) is 82.1. The first-order valence-electron chi connectivity index (χ1n) is 20.4. The Morgan fingerprint density at radius 3 is 1.55 bits per heavy atom. The number of rotatable bonds is 8. The molecule has 1 heterocycles. The fraction of sp³-hybridized carbons (Fsp3) is 0. The van der Waals surface area contributed by atoms with E-state index in [-0.39, 0.29) is 0 Å². The van der Waals surface area contributed by atoms with Gasteiger partial charge in [-0.05, 0) is 121 Å². The van der Waals surface area contributed by atoms with Gasteiger partial charge in [0.05, 0.1) is 0 Å². The SMILES string of the molecule is c1ccc(-c2ccc(N(c3cccc(-c4ccccc4-c4ccc5ccc6nc(-c7ccccc7)oc6c5c4)c3)c3cccc(-c4cccc5ccccc45)c3)cc2)cc1. The zero-order chi connectivity index (χ0) is 39.8. The predicted molar refractivity (Wildman–Crippen MR) is 251 cm³/mol. The molecule has 3 heteroatoms. The van der Waals surface area contributed by atoms with E-state index in [1.54, 1.807) is 0 Å². The molecule has 0 aliphatic carbocycles. The molecule has 60 heavy (non-hydrogen) atoms. The number of hydrogen-bond acceptors (Lipinski definition) is 3. The molecular formula is C57H38N2O. The number of nitrogens with zero attached hydrogens (tertiary/aromatic N) is 2. The number of fused-ring (bicyclic) bond motifs is 4. The van der Waals surface area contributed by atoms with Gasteiger partial charge in [-0.2, -0.15) is 0 Å². The van der Waals surface area contributed by atoms with Gasteiger partial charge in [0.15, 0.2) is 5.58 Å². The van der Waals surface area contributed by atoms with Gasteiger partial charge in [-0.25, -0.2) is 4.98 Å². The van der Waals surface area contributed by atoms with Crippen molar-refractivity contribution in [3.8, 4) is 56.0 Å². The molecule has 0 spiro atoms. The van der Waals surface area contributed by atoms with Gasteiger partial charge in [-0.3, -0.25) is 0 Å². The van der Waals surface area contributed by atoms with E-state index >= 15 is 0 Å². The van der Waals surface area contributed by atoms with E-state index in [0.29, 0.717) is 5.89 Å². The Bertz CT molecular complexity index is 3310. The highest BCUT2D eigenvalue weighted by atomic mass is 16.3. The summed E-state index contributed by atoms with van der Waals surface area (Å²) in [5.74, 6) is 0.627. The maximum Gasteiger partial charge on any atom is 0.227 e. The number of oxazole rings is 1. The van der Waals surface area contributed by atoms with Crippen LogP contribution in [0.5, 0.6) is 0 Å². The normalized spacial score (nSPS) is 11.3. The second-order valence-corrected chi connectivity index (χ2v) is 15.2. The van der Waals surface area contributed by atoms with Gasteiger partial charge < -0.3 is 9.32 Å². The van der Waals surface area contributed by atoms with Gasteiger partial charge in [0.25, 0.3) is 0 Å². The van der Waals surface area contributed by atoms with Crippen LogP contribution in [0.25, 0.3) is 88.6 Å². The minimum atomic E-state index is 0.627. The summed E-state index contributed by atoms with van der Waals surface area (Å²) in [6.07, 6.45) is 0. The van der Waals surface area contributed by atoms with Crippen LogP contribution in [-0.2, 0) is 0 Å². The molecule has 0 saturated heterocycles. The van der Waals surface area contributed by atoms with Crippen LogP contribution in [0, 0.1) is 0 Å². The lowest BCUT2D eigenvalue weighted by Gasteiger charge is -2.27. The maximum absolute atomic E-state index is 6.47. The molecule has 0 fully saturated rings. The molecule has 0 aliphatic rings. The van der Waals surface area contributed by atoms with Gasteiger partial charge in [0.1, 0.15) is 5.52 Å². The Morgan fingerprint density at radius 1 is 0.317 bits per heavy atom. The van der Waals surface area contributed by atoms with Gasteiger partial charge >= 0.3 is 0 Å².